The molecule has 2 saturated carbocycles. The molecule has 1 N–H and O–H groups in total. The first kappa shape index (κ1) is 13.9. The van der Waals surface area contributed by atoms with Gasteiger partial charge in [-0.25, -0.2) is 4.99 Å². The van der Waals surface area contributed by atoms with Gasteiger partial charge in [-0.15, -0.1) is 0 Å². The summed E-state index contributed by atoms with van der Waals surface area (Å²) >= 11 is 0. The lowest BCUT2D eigenvalue weighted by Gasteiger charge is -2.52. The third kappa shape index (κ3) is 2.04. The van der Waals surface area contributed by atoms with E-state index >= 15 is 0 Å². The Balaban J connectivity index is 1.87. The topological polar surface area (TPSA) is 54.2 Å². The number of hydrogen-bond donors (Lipinski definition) is 1. The van der Waals surface area contributed by atoms with Crippen molar-refractivity contribution in [2.45, 2.75) is 71.4 Å². The van der Waals surface area contributed by atoms with E-state index in [0.717, 1.165) is 43.7 Å². The second-order valence-corrected chi connectivity index (χ2v) is 7.67. The van der Waals surface area contributed by atoms with Gasteiger partial charge in [0.1, 0.15) is 6.10 Å². The van der Waals surface area contributed by atoms with E-state index in [0.29, 0.717) is 17.3 Å². The Hall–Kier alpha value is -1.06. The summed E-state index contributed by atoms with van der Waals surface area (Å²) in [5, 5.41) is 13.0. The van der Waals surface area contributed by atoms with E-state index < -0.39 is 0 Å². The molecule has 4 heteroatoms. The first-order valence-corrected chi connectivity index (χ1v) is 7.80. The molecule has 0 unspecified atom stereocenters. The van der Waals surface area contributed by atoms with Crippen LogP contribution in [0, 0.1) is 17.3 Å². The van der Waals surface area contributed by atoms with Crippen molar-refractivity contribution in [2.24, 2.45) is 27.4 Å². The highest BCUT2D eigenvalue weighted by Gasteiger charge is 2.52. The summed E-state index contributed by atoms with van der Waals surface area (Å²) in [6, 6.07) is 0. The molecule has 2 fully saturated rings. The van der Waals surface area contributed by atoms with Crippen molar-refractivity contribution in [3.8, 4) is 0 Å². The molecule has 0 aromatic rings. The van der Waals surface area contributed by atoms with E-state index in [4.69, 9.17) is 9.73 Å². The maximum Gasteiger partial charge on any atom is 0.181 e. The van der Waals surface area contributed by atoms with E-state index in [9.17, 15) is 5.21 Å². The molecule has 1 aliphatic heterocycles. The number of ether oxygens (including phenoxy) is 1. The molecule has 0 radical (unpaired) electrons. The van der Waals surface area contributed by atoms with E-state index in [1.165, 1.54) is 0 Å². The smallest absolute Gasteiger partial charge is 0.181 e. The van der Waals surface area contributed by atoms with Gasteiger partial charge in [0.05, 0.1) is 11.3 Å². The van der Waals surface area contributed by atoms with Crippen LogP contribution in [0.2, 0.25) is 0 Å². The fourth-order valence-corrected chi connectivity index (χ4v) is 4.60. The van der Waals surface area contributed by atoms with Crippen LogP contribution in [0.25, 0.3) is 0 Å². The molecule has 0 amide bonds. The molecule has 2 aliphatic carbocycles. The van der Waals surface area contributed by atoms with Crippen molar-refractivity contribution < 1.29 is 9.94 Å². The van der Waals surface area contributed by atoms with Crippen molar-refractivity contribution in [1.29, 1.82) is 0 Å². The van der Waals surface area contributed by atoms with Gasteiger partial charge in [0.15, 0.2) is 5.90 Å². The molecule has 1 heterocycles. The highest BCUT2D eigenvalue weighted by atomic mass is 16.5. The standard InChI is InChI=1S/C16H26N2O2/c1-10-17-16(4)8-7-12-11(9-15(12,2)3)13(18-19)5-6-14(16)20-10/h11-12,14,19H,5-9H2,1-4H3/b18-13+/t11-,12+,14+,16+/m0/s1. The largest absolute Gasteiger partial charge is 0.475 e. The monoisotopic (exact) mass is 278 g/mol. The molecule has 4 nitrogen and oxygen atoms in total. The normalized spacial score (nSPS) is 45.1. The number of aliphatic imine (C=N–C) groups is 1. The van der Waals surface area contributed by atoms with Crippen LogP contribution in [-0.2, 0) is 4.74 Å². The quantitative estimate of drug-likeness (QED) is 0.543. The average Bonchev–Trinajstić information content (AvgIpc) is 2.64. The summed E-state index contributed by atoms with van der Waals surface area (Å²) in [6.07, 6.45) is 5.22. The summed E-state index contributed by atoms with van der Waals surface area (Å²) in [5.41, 5.74) is 1.24. The molecule has 0 bridgehead atoms. The average molecular weight is 278 g/mol. The minimum Gasteiger partial charge on any atom is -0.475 e. The predicted molar refractivity (Wildman–Crippen MR) is 79.5 cm³/mol. The van der Waals surface area contributed by atoms with Crippen molar-refractivity contribution >= 4 is 11.6 Å². The summed E-state index contributed by atoms with van der Waals surface area (Å²) < 4.78 is 5.91. The Bertz CT molecular complexity index is 469. The molecule has 4 atom stereocenters. The van der Waals surface area contributed by atoms with Gasteiger partial charge >= 0.3 is 0 Å². The van der Waals surface area contributed by atoms with Gasteiger partial charge in [-0.3, -0.25) is 0 Å². The summed E-state index contributed by atoms with van der Waals surface area (Å²) in [6.45, 7) is 8.83. The Labute approximate surface area is 121 Å². The minimum absolute atomic E-state index is 0.0921. The van der Waals surface area contributed by atoms with Gasteiger partial charge in [-0.1, -0.05) is 19.0 Å². The van der Waals surface area contributed by atoms with E-state index in [2.05, 4.69) is 25.9 Å². The lowest BCUT2D eigenvalue weighted by Crippen LogP contribution is -2.47. The van der Waals surface area contributed by atoms with E-state index in [-0.39, 0.29) is 11.6 Å². The summed E-state index contributed by atoms with van der Waals surface area (Å²) in [7, 11) is 0. The third-order valence-electron chi connectivity index (χ3n) is 5.84. The maximum absolute atomic E-state index is 9.37. The number of nitrogens with zero attached hydrogens (tertiary/aromatic N) is 2. The zero-order chi connectivity index (χ0) is 14.5. The van der Waals surface area contributed by atoms with Crippen LogP contribution in [0.3, 0.4) is 0 Å². The summed E-state index contributed by atoms with van der Waals surface area (Å²) in [4.78, 5) is 4.76. The lowest BCUT2D eigenvalue weighted by atomic mass is 9.52. The number of fused-ring (bicyclic) bond motifs is 2. The van der Waals surface area contributed by atoms with Gasteiger partial charge in [0.2, 0.25) is 0 Å². The SMILES string of the molecule is CC1=N[C@]2(C)CC[C@@H]3[C@H](CC3(C)C)/C(=N/O)CC[C@H]2O1. The number of hydrogen-bond acceptors (Lipinski definition) is 4. The Morgan fingerprint density at radius 2 is 2.05 bits per heavy atom. The Morgan fingerprint density at radius 1 is 1.30 bits per heavy atom. The van der Waals surface area contributed by atoms with Crippen LogP contribution < -0.4 is 0 Å². The van der Waals surface area contributed by atoms with Gasteiger partial charge in [0.25, 0.3) is 0 Å². The van der Waals surface area contributed by atoms with Gasteiger partial charge in [-0.2, -0.15) is 0 Å². The maximum atomic E-state index is 9.37. The molecule has 112 valence electrons. The fourth-order valence-electron chi connectivity index (χ4n) is 4.60. The fraction of sp³-hybridized carbons (Fsp3) is 0.875. The van der Waals surface area contributed by atoms with Crippen molar-refractivity contribution in [1.82, 2.24) is 0 Å². The third-order valence-corrected chi connectivity index (χ3v) is 5.84. The van der Waals surface area contributed by atoms with E-state index in [1.807, 2.05) is 6.92 Å². The Kier molecular flexibility index (Phi) is 3.11. The molecule has 0 aromatic carbocycles. The van der Waals surface area contributed by atoms with Crippen molar-refractivity contribution in [3.05, 3.63) is 0 Å². The van der Waals surface area contributed by atoms with Crippen molar-refractivity contribution in [2.75, 3.05) is 0 Å². The number of rotatable bonds is 0. The molecule has 0 spiro atoms. The van der Waals surface area contributed by atoms with Gasteiger partial charge < -0.3 is 9.94 Å². The molecular weight excluding hydrogens is 252 g/mol. The molecule has 3 rings (SSSR count). The molecular formula is C16H26N2O2. The van der Waals surface area contributed by atoms with Crippen LogP contribution in [0.15, 0.2) is 10.1 Å². The predicted octanol–water partition coefficient (Wildman–Crippen LogP) is 3.63. The summed E-state index contributed by atoms with van der Waals surface area (Å²) in [5.74, 6) is 1.88. The molecule has 20 heavy (non-hydrogen) atoms. The van der Waals surface area contributed by atoms with Crippen LogP contribution in [-0.4, -0.2) is 28.5 Å². The van der Waals surface area contributed by atoms with Crippen LogP contribution >= 0.6 is 0 Å². The highest BCUT2D eigenvalue weighted by molar-refractivity contribution is 5.87. The zero-order valence-electron chi connectivity index (χ0n) is 13.0. The number of oxime groups is 1. The van der Waals surface area contributed by atoms with Gasteiger partial charge in [-0.05, 0) is 50.4 Å². The first-order valence-electron chi connectivity index (χ1n) is 7.80. The molecule has 0 aromatic heterocycles. The van der Waals surface area contributed by atoms with Crippen molar-refractivity contribution in [3.63, 3.8) is 0 Å². The zero-order valence-corrected chi connectivity index (χ0v) is 13.0. The Morgan fingerprint density at radius 3 is 2.70 bits per heavy atom. The first-order chi connectivity index (χ1) is 9.36. The lowest BCUT2D eigenvalue weighted by molar-refractivity contribution is 0.0135. The van der Waals surface area contributed by atoms with Crippen LogP contribution in [0.4, 0.5) is 0 Å². The van der Waals surface area contributed by atoms with E-state index in [1.54, 1.807) is 0 Å². The minimum atomic E-state index is -0.0921. The molecule has 3 aliphatic rings. The van der Waals surface area contributed by atoms with Crippen LogP contribution in [0.1, 0.15) is 59.8 Å². The van der Waals surface area contributed by atoms with Crippen LogP contribution in [0.5, 0.6) is 0 Å². The second kappa shape index (κ2) is 4.47. The van der Waals surface area contributed by atoms with Gasteiger partial charge in [0, 0.05) is 12.8 Å². The second-order valence-electron chi connectivity index (χ2n) is 7.67. The highest BCUT2D eigenvalue weighted by Crippen LogP contribution is 2.55. The molecule has 0 saturated heterocycles.